The van der Waals surface area contributed by atoms with Gasteiger partial charge in [-0.25, -0.2) is 39.9 Å². The van der Waals surface area contributed by atoms with Crippen LogP contribution in [0.1, 0.15) is 0 Å². The molecule has 16 aromatic rings. The zero-order valence-corrected chi connectivity index (χ0v) is 46.2. The molecule has 0 bridgehead atoms. The van der Waals surface area contributed by atoms with Crippen molar-refractivity contribution in [2.75, 3.05) is 0 Å². The molecule has 0 aliphatic rings. The average Bonchev–Trinajstić information content (AvgIpc) is 2.71. The van der Waals surface area contributed by atoms with Crippen LogP contribution in [0, 0.1) is 0 Å². The third-order valence-corrected chi connectivity index (χ3v) is 16.0. The number of fused-ring (bicyclic) bond motifs is 6. The van der Waals surface area contributed by atoms with Crippen LogP contribution in [0.5, 0.6) is 0 Å². The Hall–Kier alpha value is -11.9. The zero-order valence-electron chi connectivity index (χ0n) is 46.2. The summed E-state index contributed by atoms with van der Waals surface area (Å²) in [6.45, 7) is 0. The Morgan fingerprint density at radius 1 is 0.198 bits per heavy atom. The van der Waals surface area contributed by atoms with Gasteiger partial charge in [-0.15, -0.1) is 0 Å². The van der Waals surface area contributed by atoms with Crippen LogP contribution in [-0.4, -0.2) is 49.0 Å². The second kappa shape index (κ2) is 21.1. The molecule has 10 aromatic carbocycles. The lowest BCUT2D eigenvalue weighted by Gasteiger charge is -2.12. The molecule has 0 saturated heterocycles. The van der Waals surface area contributed by atoms with E-state index in [2.05, 4.69) is 203 Å². The van der Waals surface area contributed by atoms with E-state index in [-0.39, 0.29) is 0 Å². The van der Waals surface area contributed by atoms with E-state index in [0.29, 0.717) is 34.7 Å². The minimum atomic E-state index is 0.479. The maximum atomic E-state index is 5.12. The molecule has 0 fully saturated rings. The fraction of sp³-hybridized carbons (Fsp3) is 0. The highest BCUT2D eigenvalue weighted by Gasteiger charge is 2.19. The van der Waals surface area contributed by atoms with Crippen molar-refractivity contribution in [3.63, 3.8) is 0 Å². The van der Waals surface area contributed by atoms with Gasteiger partial charge < -0.3 is 9.13 Å². The van der Waals surface area contributed by atoms with E-state index in [0.717, 1.165) is 111 Å². The second-order valence-electron chi connectivity index (χ2n) is 21.3. The summed E-state index contributed by atoms with van der Waals surface area (Å²) in [4.78, 5) is 40.1. The van der Waals surface area contributed by atoms with Crippen LogP contribution in [0.4, 0.5) is 0 Å². The first kappa shape index (κ1) is 49.9. The van der Waals surface area contributed by atoms with E-state index in [9.17, 15) is 0 Å². The van der Waals surface area contributed by atoms with Gasteiger partial charge in [-0.2, -0.15) is 0 Å². The van der Waals surface area contributed by atoms with Gasteiger partial charge in [-0.3, -0.25) is 0 Å². The molecule has 0 spiro atoms. The van der Waals surface area contributed by atoms with Gasteiger partial charge in [0.2, 0.25) is 0 Å². The predicted octanol–water partition coefficient (Wildman–Crippen LogP) is 18.0. The molecule has 0 aliphatic heterocycles. The van der Waals surface area contributed by atoms with E-state index < -0.39 is 0 Å². The third-order valence-electron chi connectivity index (χ3n) is 16.0. The number of pyridine rings is 1. The van der Waals surface area contributed by atoms with Crippen molar-refractivity contribution >= 4 is 43.6 Å². The monoisotopic (exact) mass is 1100 g/mol. The highest BCUT2D eigenvalue weighted by atomic mass is 15.0. The quantitative estimate of drug-likeness (QED) is 0.126. The first-order valence-electron chi connectivity index (χ1n) is 28.5. The molecule has 0 atom stereocenters. The summed E-state index contributed by atoms with van der Waals surface area (Å²) < 4.78 is 4.63. The van der Waals surface area contributed by atoms with Crippen LogP contribution in [0.15, 0.2) is 292 Å². The smallest absolute Gasteiger partial charge is 0.167 e. The summed E-state index contributed by atoms with van der Waals surface area (Å²) >= 11 is 0. The Balaban J connectivity index is 0.712. The van der Waals surface area contributed by atoms with Crippen LogP contribution in [-0.2, 0) is 0 Å². The van der Waals surface area contributed by atoms with Crippen LogP contribution < -0.4 is 0 Å². The molecule has 16 rings (SSSR count). The molecular weight excluding hydrogens is 1050 g/mol. The van der Waals surface area contributed by atoms with Crippen molar-refractivity contribution in [3.05, 3.63) is 292 Å². The van der Waals surface area contributed by atoms with Crippen molar-refractivity contribution in [3.8, 4) is 113 Å². The van der Waals surface area contributed by atoms with Crippen LogP contribution in [0.2, 0.25) is 0 Å². The molecule has 0 N–H and O–H groups in total. The number of benzene rings is 10. The van der Waals surface area contributed by atoms with E-state index in [1.54, 1.807) is 12.4 Å². The Morgan fingerprint density at radius 3 is 1.09 bits per heavy atom. The molecule has 6 aromatic heterocycles. The van der Waals surface area contributed by atoms with Gasteiger partial charge in [-0.05, 0) is 89.5 Å². The largest absolute Gasteiger partial charge is 0.309 e. The summed E-state index contributed by atoms with van der Waals surface area (Å²) in [5.74, 6) is 2.82. The van der Waals surface area contributed by atoms with Crippen LogP contribution in [0.25, 0.3) is 157 Å². The maximum absolute atomic E-state index is 5.12. The van der Waals surface area contributed by atoms with Gasteiger partial charge in [0.25, 0.3) is 0 Å². The van der Waals surface area contributed by atoms with E-state index in [1.165, 1.54) is 10.8 Å². The van der Waals surface area contributed by atoms with Gasteiger partial charge in [0.15, 0.2) is 29.1 Å². The Bertz CT molecular complexity index is 5100. The SMILES string of the molecule is c1ccc(-c2cc(-c3cnc(-c4cccc(-n5c6ccccc6c6cc(-c7cccc(-c8nc(-c9ccccc9)nc(-c9cnc(-c%10cccc(-n%11c%12ccccc%12c%12ccccc%12%11)c%10)nc9)n8)c7)ccc65)c4)nc3)cc(-c3ccccc3)n2)cc1. The summed E-state index contributed by atoms with van der Waals surface area (Å²) in [6, 6.07) is 92.4. The van der Waals surface area contributed by atoms with E-state index in [4.69, 9.17) is 39.9 Å². The van der Waals surface area contributed by atoms with Crippen molar-refractivity contribution in [2.45, 2.75) is 0 Å². The van der Waals surface area contributed by atoms with Gasteiger partial charge in [0.05, 0.1) is 39.0 Å². The molecule has 0 amide bonds. The Labute approximate surface area is 494 Å². The van der Waals surface area contributed by atoms with Gasteiger partial charge in [-0.1, -0.05) is 194 Å². The number of para-hydroxylation sites is 3. The summed E-state index contributed by atoms with van der Waals surface area (Å²) in [6.07, 6.45) is 7.43. The minimum absolute atomic E-state index is 0.479. The van der Waals surface area contributed by atoms with Crippen LogP contribution in [0.3, 0.4) is 0 Å². The second-order valence-corrected chi connectivity index (χ2v) is 21.3. The molecule has 0 radical (unpaired) electrons. The minimum Gasteiger partial charge on any atom is -0.309 e. The molecular formula is C76H48N10. The molecule has 0 unspecified atom stereocenters. The lowest BCUT2D eigenvalue weighted by Crippen LogP contribution is -2.01. The van der Waals surface area contributed by atoms with Crippen LogP contribution >= 0.6 is 0 Å². The zero-order chi connectivity index (χ0) is 56.9. The normalized spacial score (nSPS) is 11.5. The lowest BCUT2D eigenvalue weighted by molar-refractivity contribution is 1.06. The van der Waals surface area contributed by atoms with Crippen molar-refractivity contribution < 1.29 is 0 Å². The number of rotatable bonds is 11. The van der Waals surface area contributed by atoms with Crippen molar-refractivity contribution in [1.29, 1.82) is 0 Å². The average molecular weight is 1100 g/mol. The number of hydrogen-bond donors (Lipinski definition) is 0. The Morgan fingerprint density at radius 2 is 0.570 bits per heavy atom. The van der Waals surface area contributed by atoms with E-state index in [1.807, 2.05) is 85.2 Å². The third kappa shape index (κ3) is 9.11. The highest BCUT2D eigenvalue weighted by molar-refractivity contribution is 6.11. The summed E-state index contributed by atoms with van der Waals surface area (Å²) in [5.41, 5.74) is 18.6. The molecule has 0 saturated carbocycles. The van der Waals surface area contributed by atoms with Crippen molar-refractivity contribution in [2.24, 2.45) is 0 Å². The number of nitrogens with zero attached hydrogens (tertiary/aromatic N) is 10. The Kier molecular flexibility index (Phi) is 12.3. The fourth-order valence-corrected chi connectivity index (χ4v) is 11.8. The van der Waals surface area contributed by atoms with Gasteiger partial charge in [0, 0.05) is 96.7 Å². The number of hydrogen-bond acceptors (Lipinski definition) is 8. The fourth-order valence-electron chi connectivity index (χ4n) is 11.8. The topological polar surface area (TPSA) is 113 Å². The van der Waals surface area contributed by atoms with Gasteiger partial charge in [0.1, 0.15) is 0 Å². The highest BCUT2D eigenvalue weighted by Crippen LogP contribution is 2.39. The molecule has 402 valence electrons. The van der Waals surface area contributed by atoms with E-state index >= 15 is 0 Å². The lowest BCUT2D eigenvalue weighted by atomic mass is 10.0. The predicted molar refractivity (Wildman–Crippen MR) is 346 cm³/mol. The first-order valence-corrected chi connectivity index (χ1v) is 28.5. The summed E-state index contributed by atoms with van der Waals surface area (Å²) in [7, 11) is 0. The standard InChI is InChI=1S/C76H48N10/c1-4-19-49(20-5-1)66-43-57(44-67(81-66)50-21-6-2-7-22-50)58-45-77-72(78-46-58)55-27-18-30-61(41-55)86-70-36-15-12-33-64(70)65-42-53(37-38-71(65)86)52-25-16-26-54(39-52)75-82-74(51-23-8-3-9-24-51)83-76(84-75)59-47-79-73(80-48-59)56-28-17-29-60(40-56)85-68-34-13-10-31-62(68)63-32-11-14-35-69(63)85/h1-48H. The number of aromatic nitrogens is 10. The molecule has 6 heterocycles. The van der Waals surface area contributed by atoms with Gasteiger partial charge >= 0.3 is 0 Å². The molecule has 0 aliphatic carbocycles. The maximum Gasteiger partial charge on any atom is 0.167 e. The molecule has 10 nitrogen and oxygen atoms in total. The first-order chi connectivity index (χ1) is 42.6. The summed E-state index contributed by atoms with van der Waals surface area (Å²) in [5, 5.41) is 4.70. The molecule has 86 heavy (non-hydrogen) atoms. The molecule has 10 heteroatoms. The van der Waals surface area contributed by atoms with Crippen molar-refractivity contribution in [1.82, 2.24) is 49.0 Å².